The Morgan fingerprint density at radius 2 is 1.58 bits per heavy atom. The molecule has 1 radical (unpaired) electrons. The van der Waals surface area contributed by atoms with Gasteiger partial charge in [-0.15, -0.1) is 5.11 Å². The minimum Gasteiger partial charge on any atom is -0.505 e. The summed E-state index contributed by atoms with van der Waals surface area (Å²) in [5.41, 5.74) is -0.272. The summed E-state index contributed by atoms with van der Waals surface area (Å²) >= 11 is 0. The zero-order valence-electron chi connectivity index (χ0n) is 19.8. The number of benzene rings is 3. The number of amides is 1. The van der Waals surface area contributed by atoms with Crippen LogP contribution in [0.4, 0.5) is 17.1 Å². The number of carbonyl (C=O) groups is 1. The third kappa shape index (κ3) is 8.26. The summed E-state index contributed by atoms with van der Waals surface area (Å²) in [6.07, 6.45) is 0. The van der Waals surface area contributed by atoms with Crippen LogP contribution in [0.25, 0.3) is 10.8 Å². The van der Waals surface area contributed by atoms with E-state index < -0.39 is 59.0 Å². The average Bonchev–Trinajstić information content (AvgIpc) is 2.77. The number of azo groups is 1. The van der Waals surface area contributed by atoms with Crippen molar-refractivity contribution in [2.24, 2.45) is 10.2 Å². The summed E-state index contributed by atoms with van der Waals surface area (Å²) in [4.78, 5) is 10.3. The molecule has 14 nitrogen and oxygen atoms in total. The van der Waals surface area contributed by atoms with Gasteiger partial charge in [-0.1, -0.05) is 6.07 Å². The Bertz CT molecular complexity index is 1720. The van der Waals surface area contributed by atoms with Crippen LogP contribution in [-0.2, 0) is 39.3 Å². The van der Waals surface area contributed by atoms with Crippen molar-refractivity contribution in [1.29, 1.82) is 0 Å². The minimum absolute atomic E-state index is 0. The van der Waals surface area contributed by atoms with Gasteiger partial charge in [-0.25, -0.2) is 12.6 Å². The number of rotatable bonds is 9. The minimum atomic E-state index is -4.86. The predicted molar refractivity (Wildman–Crippen MR) is 136 cm³/mol. The van der Waals surface area contributed by atoms with Crippen molar-refractivity contribution in [1.82, 2.24) is 0 Å². The smallest absolute Gasteiger partial charge is 0.397 e. The fourth-order valence-corrected chi connectivity index (χ4v) is 5.26. The molecule has 0 aliphatic heterocycles. The number of phenols is 1. The molecule has 0 atom stereocenters. The molecule has 18 heteroatoms. The van der Waals surface area contributed by atoms with Crippen molar-refractivity contribution >= 4 is 93.7 Å². The van der Waals surface area contributed by atoms with Gasteiger partial charge in [0.1, 0.15) is 10.6 Å². The van der Waals surface area contributed by atoms with Gasteiger partial charge in [0.05, 0.1) is 22.9 Å². The van der Waals surface area contributed by atoms with Crippen LogP contribution in [0, 0.1) is 0 Å². The molecule has 0 bridgehead atoms. The third-order valence-corrected chi connectivity index (χ3v) is 7.72. The van der Waals surface area contributed by atoms with E-state index in [1.54, 1.807) is 0 Å². The molecule has 3 rings (SSSR count). The van der Waals surface area contributed by atoms with Gasteiger partial charge in [0.2, 0.25) is 5.91 Å². The maximum Gasteiger partial charge on any atom is 0.397 e. The number of aromatic hydroxyl groups is 1. The number of sulfone groups is 1. The summed E-state index contributed by atoms with van der Waals surface area (Å²) in [6.45, 7) is 0.459. The monoisotopic (exact) mass is 596 g/mol. The number of fused-ring (bicyclic) bond motifs is 1. The molecule has 3 aromatic carbocycles. The molecule has 0 spiro atoms. The van der Waals surface area contributed by atoms with E-state index in [9.17, 15) is 39.7 Å². The molecule has 0 unspecified atom stereocenters. The first-order valence-electron chi connectivity index (χ1n) is 9.98. The first-order chi connectivity index (χ1) is 17.1. The van der Waals surface area contributed by atoms with Crippen molar-refractivity contribution in [3.05, 3.63) is 48.5 Å². The van der Waals surface area contributed by atoms with Crippen LogP contribution in [0.1, 0.15) is 6.92 Å². The Hall–Kier alpha value is -2.48. The van der Waals surface area contributed by atoms with Gasteiger partial charge in [-0.2, -0.15) is 21.9 Å². The predicted octanol–water partition coefficient (Wildman–Crippen LogP) is 2.38. The molecule has 0 aliphatic carbocycles. The van der Waals surface area contributed by atoms with E-state index in [4.69, 9.17) is 4.55 Å². The summed E-state index contributed by atoms with van der Waals surface area (Å²) < 4.78 is 91.7. The van der Waals surface area contributed by atoms with E-state index in [-0.39, 0.29) is 56.8 Å². The van der Waals surface area contributed by atoms with E-state index >= 15 is 0 Å². The van der Waals surface area contributed by atoms with E-state index in [1.165, 1.54) is 37.3 Å². The summed E-state index contributed by atoms with van der Waals surface area (Å²) in [7, 11) is -13.7. The van der Waals surface area contributed by atoms with Gasteiger partial charge in [-0.05, 0) is 47.9 Å². The second-order valence-electron chi connectivity index (χ2n) is 7.43. The van der Waals surface area contributed by atoms with Gasteiger partial charge in [0.15, 0.2) is 15.6 Å². The van der Waals surface area contributed by atoms with Crippen LogP contribution in [0.2, 0.25) is 0 Å². The third-order valence-electron chi connectivity index (χ3n) is 4.70. The van der Waals surface area contributed by atoms with E-state index in [2.05, 4.69) is 19.7 Å². The molecule has 0 fully saturated rings. The van der Waals surface area contributed by atoms with Gasteiger partial charge in [-0.3, -0.25) is 13.9 Å². The molecule has 0 saturated carbocycles. The molecule has 38 heavy (non-hydrogen) atoms. The molecule has 0 heterocycles. The van der Waals surface area contributed by atoms with Crippen LogP contribution in [0.5, 0.6) is 5.75 Å². The molecule has 0 saturated heterocycles. The number of hydrogen-bond acceptors (Lipinski definition) is 11. The van der Waals surface area contributed by atoms with Gasteiger partial charge in [0, 0.05) is 47.6 Å². The van der Waals surface area contributed by atoms with Crippen LogP contribution in [-0.4, -0.2) is 87.3 Å². The Morgan fingerprint density at radius 3 is 2.13 bits per heavy atom. The SMILES string of the molecule is CC(=O)Nc1ccc2cc(S(=O)(=O)O)c(N=Nc3ccc(S(=O)(=O)CCOS(=O)(=O)O)cc3)c(O)c2c1.[Na]. The molecule has 0 aliphatic rings. The fraction of sp³-hybridized carbons (Fsp3) is 0.150. The van der Waals surface area contributed by atoms with Gasteiger partial charge >= 0.3 is 10.4 Å². The van der Waals surface area contributed by atoms with E-state index in [0.717, 1.165) is 18.2 Å². The average molecular weight is 597 g/mol. The van der Waals surface area contributed by atoms with Crippen molar-refractivity contribution in [3.8, 4) is 5.75 Å². The number of hydrogen-bond donors (Lipinski definition) is 4. The van der Waals surface area contributed by atoms with Crippen LogP contribution >= 0.6 is 0 Å². The van der Waals surface area contributed by atoms with Crippen molar-refractivity contribution in [3.63, 3.8) is 0 Å². The summed E-state index contributed by atoms with van der Waals surface area (Å²) in [5, 5.41) is 21.1. The quantitative estimate of drug-likeness (QED) is 0.159. The van der Waals surface area contributed by atoms with E-state index in [1.807, 2.05) is 0 Å². The number of phenolic OH excluding ortho intramolecular Hbond substituents is 1. The number of nitrogens with zero attached hydrogens (tertiary/aromatic N) is 2. The summed E-state index contributed by atoms with van der Waals surface area (Å²) in [6, 6.07) is 9.91. The molecule has 3 aromatic rings. The maximum absolute atomic E-state index is 12.3. The van der Waals surface area contributed by atoms with Crippen LogP contribution in [0.3, 0.4) is 0 Å². The Morgan fingerprint density at radius 1 is 0.947 bits per heavy atom. The van der Waals surface area contributed by atoms with Crippen LogP contribution in [0.15, 0.2) is 68.6 Å². The fourth-order valence-electron chi connectivity index (χ4n) is 3.11. The molecule has 4 N–H and O–H groups in total. The number of anilines is 1. The Labute approximate surface area is 239 Å². The first kappa shape index (κ1) is 31.7. The number of carbonyl (C=O) groups excluding carboxylic acids is 1. The second kappa shape index (κ2) is 12.1. The second-order valence-corrected chi connectivity index (χ2v) is 12.0. The van der Waals surface area contributed by atoms with Crippen molar-refractivity contribution < 1.29 is 48.4 Å². The topological polar surface area (TPSA) is 226 Å². The Kier molecular flexibility index (Phi) is 10.1. The number of nitrogens with one attached hydrogen (secondary N) is 1. The molecule has 0 aromatic heterocycles. The van der Waals surface area contributed by atoms with Crippen LogP contribution < -0.4 is 5.32 Å². The standard InChI is InChI=1S/C20H19N3O11S3.Na/c1-12(24)21-15-3-2-13-10-18(36(28,29)30)19(20(25)17(13)11-15)23-22-14-4-6-16(7-5-14)35(26,27)9-8-34-37(31,32)33;/h2-7,10-11,25H,8-9H2,1H3,(H,21,24)(H,28,29,30)(H,31,32,33);. The maximum atomic E-state index is 12.3. The molecule has 199 valence electrons. The summed E-state index contributed by atoms with van der Waals surface area (Å²) in [5.74, 6) is -1.79. The molecular formula is C20H19N3NaO11S3. The van der Waals surface area contributed by atoms with Gasteiger partial charge in [0.25, 0.3) is 10.1 Å². The first-order valence-corrected chi connectivity index (χ1v) is 14.4. The molecular weight excluding hydrogens is 577 g/mol. The van der Waals surface area contributed by atoms with Crippen molar-refractivity contribution in [2.75, 3.05) is 17.7 Å². The zero-order valence-corrected chi connectivity index (χ0v) is 24.2. The van der Waals surface area contributed by atoms with Gasteiger partial charge < -0.3 is 10.4 Å². The molecule has 1 amide bonds. The normalized spacial score (nSPS) is 12.4. The van der Waals surface area contributed by atoms with Crippen molar-refractivity contribution in [2.45, 2.75) is 16.7 Å². The van der Waals surface area contributed by atoms with E-state index in [0.29, 0.717) is 5.69 Å². The Balaban J connectivity index is 0.00000507. The largest absolute Gasteiger partial charge is 0.505 e. The zero-order chi connectivity index (χ0) is 27.6.